The number of nitrogens with zero attached hydrogens (tertiary/aromatic N) is 2. The van der Waals surface area contributed by atoms with Gasteiger partial charge in [0.1, 0.15) is 0 Å². The average Bonchev–Trinajstić information content (AvgIpc) is 2.63. The van der Waals surface area contributed by atoms with E-state index in [0.29, 0.717) is 12.5 Å². The Morgan fingerprint density at radius 1 is 1.56 bits per heavy atom. The van der Waals surface area contributed by atoms with Crippen LogP contribution in [0.3, 0.4) is 0 Å². The van der Waals surface area contributed by atoms with Gasteiger partial charge in [0, 0.05) is 33.5 Å². The zero-order valence-electron chi connectivity index (χ0n) is 11.5. The summed E-state index contributed by atoms with van der Waals surface area (Å²) in [6.45, 7) is 9.77. The molecule has 1 rings (SSSR count). The second-order valence-electron chi connectivity index (χ2n) is 4.33. The van der Waals surface area contributed by atoms with Crippen LogP contribution in [0.25, 0.3) is 0 Å². The Labute approximate surface area is 109 Å². The lowest BCUT2D eigenvalue weighted by Crippen LogP contribution is -2.29. The topological polar surface area (TPSA) is 60.9 Å². The lowest BCUT2D eigenvalue weighted by atomic mass is 10.3. The maximum Gasteiger partial charge on any atom is 0.222 e. The maximum absolute atomic E-state index is 10.8. The third kappa shape index (κ3) is 6.96. The normalized spacial score (nSPS) is 13.8. The Hall–Kier alpha value is -1.49. The van der Waals surface area contributed by atoms with Crippen LogP contribution in [0, 0.1) is 6.54 Å². The molecule has 0 atom stereocenters. The number of hydrogen-bond donors (Lipinski definition) is 1. The van der Waals surface area contributed by atoms with Crippen molar-refractivity contribution in [2.24, 2.45) is 0 Å². The number of amides is 2. The highest BCUT2D eigenvalue weighted by Gasteiger charge is 2.14. The van der Waals surface area contributed by atoms with E-state index in [1.54, 1.807) is 18.4 Å². The predicted molar refractivity (Wildman–Crippen MR) is 70.5 cm³/mol. The number of carbonyl (C=O) groups excluding carboxylic acids is 2. The van der Waals surface area contributed by atoms with Gasteiger partial charge >= 0.3 is 0 Å². The largest absolute Gasteiger partial charge is 0.396 e. The Kier molecular flexibility index (Phi) is 7.87. The van der Waals surface area contributed by atoms with Crippen molar-refractivity contribution in [1.82, 2.24) is 9.80 Å². The van der Waals surface area contributed by atoms with E-state index in [4.69, 9.17) is 5.11 Å². The first-order valence-corrected chi connectivity index (χ1v) is 6.01. The van der Waals surface area contributed by atoms with Crippen molar-refractivity contribution in [2.75, 3.05) is 26.7 Å². The number of rotatable bonds is 4. The highest BCUT2D eigenvalue weighted by molar-refractivity contribution is 5.77. The van der Waals surface area contributed by atoms with Gasteiger partial charge < -0.3 is 14.9 Å². The van der Waals surface area contributed by atoms with Gasteiger partial charge in [-0.15, -0.1) is 6.54 Å². The average molecular weight is 255 g/mol. The molecule has 0 aromatic carbocycles. The van der Waals surface area contributed by atoms with Gasteiger partial charge in [-0.05, 0) is 6.42 Å². The second-order valence-corrected chi connectivity index (χ2v) is 4.33. The zero-order valence-corrected chi connectivity index (χ0v) is 11.5. The van der Waals surface area contributed by atoms with Gasteiger partial charge in [0.15, 0.2) is 0 Å². The van der Waals surface area contributed by atoms with Gasteiger partial charge in [-0.25, -0.2) is 12.2 Å². The molecular formula is C13H23N2O3-. The highest BCUT2D eigenvalue weighted by Crippen LogP contribution is 2.04. The van der Waals surface area contributed by atoms with Crippen LogP contribution in [0.4, 0.5) is 0 Å². The Morgan fingerprint density at radius 2 is 2.17 bits per heavy atom. The first-order chi connectivity index (χ1) is 8.38. The molecule has 0 spiro atoms. The molecule has 0 radical (unpaired) electrons. The summed E-state index contributed by atoms with van der Waals surface area (Å²) in [5, 5.41) is 8.55. The number of aliphatic hydroxyl groups excluding tert-OH is 1. The van der Waals surface area contributed by atoms with Gasteiger partial charge in [0.25, 0.3) is 0 Å². The van der Waals surface area contributed by atoms with Crippen LogP contribution >= 0.6 is 0 Å². The first kappa shape index (κ1) is 16.5. The molecule has 1 aliphatic heterocycles. The second kappa shape index (κ2) is 8.58. The summed E-state index contributed by atoms with van der Waals surface area (Å²) < 4.78 is 0. The Bertz CT molecular complexity index is 303. The van der Waals surface area contributed by atoms with Crippen molar-refractivity contribution < 1.29 is 14.7 Å². The number of hydrogen-bond acceptors (Lipinski definition) is 3. The van der Waals surface area contributed by atoms with E-state index in [0.717, 1.165) is 25.0 Å². The molecule has 1 fully saturated rings. The van der Waals surface area contributed by atoms with E-state index in [9.17, 15) is 9.59 Å². The van der Waals surface area contributed by atoms with E-state index < -0.39 is 0 Å². The van der Waals surface area contributed by atoms with Gasteiger partial charge in [-0.1, -0.05) is 6.92 Å². The summed E-state index contributed by atoms with van der Waals surface area (Å²) >= 11 is 0. The molecule has 5 nitrogen and oxygen atoms in total. The highest BCUT2D eigenvalue weighted by atomic mass is 16.3. The fraction of sp³-hybridized carbons (Fsp3) is 0.615. The summed E-state index contributed by atoms with van der Waals surface area (Å²) in [5.41, 5.74) is 0.800. The van der Waals surface area contributed by atoms with Crippen molar-refractivity contribution in [2.45, 2.75) is 26.7 Å². The summed E-state index contributed by atoms with van der Waals surface area (Å²) in [5.74, 6) is 0.210. The van der Waals surface area contributed by atoms with Gasteiger partial charge in [0.2, 0.25) is 11.8 Å². The fourth-order valence-electron chi connectivity index (χ4n) is 1.47. The molecule has 1 aliphatic rings. The van der Waals surface area contributed by atoms with Crippen LogP contribution in [0.5, 0.6) is 0 Å². The van der Waals surface area contributed by atoms with Crippen LogP contribution in [0.1, 0.15) is 26.7 Å². The number of carbonyl (C=O) groups is 2. The third-order valence-electron chi connectivity index (χ3n) is 2.43. The molecule has 2 amide bonds. The molecule has 0 aromatic rings. The van der Waals surface area contributed by atoms with E-state index >= 15 is 0 Å². The minimum atomic E-state index is -0.0814. The monoisotopic (exact) mass is 255 g/mol. The predicted octanol–water partition coefficient (Wildman–Crippen LogP) is 0.804. The quantitative estimate of drug-likeness (QED) is 0.756. The molecule has 1 saturated heterocycles. The standard InChI is InChI=1S/C8H14NO2.C5H9NO/c1-7(2)6-9(4-5-10)8(3)11;1-6-4-2-3-5(6)7/h6,10H,1,4-5H2,2-3H3;2-4H2,1H3/q-1;. The molecule has 0 aromatic heterocycles. The Morgan fingerprint density at radius 3 is 2.39 bits per heavy atom. The van der Waals surface area contributed by atoms with Crippen LogP contribution in [0.15, 0.2) is 12.2 Å². The van der Waals surface area contributed by atoms with Gasteiger partial charge in [0.05, 0.1) is 6.61 Å². The molecule has 0 saturated carbocycles. The molecule has 18 heavy (non-hydrogen) atoms. The SMILES string of the molecule is C=C(C)[CH-]N(CCO)C(C)=O.CN1CCCC1=O. The van der Waals surface area contributed by atoms with Crippen molar-refractivity contribution in [3.63, 3.8) is 0 Å². The summed E-state index contributed by atoms with van der Waals surface area (Å²) in [6.07, 6.45) is 1.81. The van der Waals surface area contributed by atoms with Crippen molar-refractivity contribution in [1.29, 1.82) is 0 Å². The molecule has 0 unspecified atom stereocenters. The minimum Gasteiger partial charge on any atom is -0.396 e. The molecule has 0 bridgehead atoms. The summed E-state index contributed by atoms with van der Waals surface area (Å²) in [6, 6.07) is 0. The summed E-state index contributed by atoms with van der Waals surface area (Å²) in [7, 11) is 1.84. The minimum absolute atomic E-state index is 0.0244. The number of aliphatic hydroxyl groups is 1. The van der Waals surface area contributed by atoms with Crippen LogP contribution in [0.2, 0.25) is 0 Å². The molecular weight excluding hydrogens is 232 g/mol. The van der Waals surface area contributed by atoms with Crippen molar-refractivity contribution in [3.8, 4) is 0 Å². The van der Waals surface area contributed by atoms with Crippen molar-refractivity contribution >= 4 is 11.8 Å². The first-order valence-electron chi connectivity index (χ1n) is 6.01. The third-order valence-corrected chi connectivity index (χ3v) is 2.43. The van der Waals surface area contributed by atoms with Crippen molar-refractivity contribution in [3.05, 3.63) is 18.7 Å². The molecule has 1 N–H and O–H groups in total. The maximum atomic E-state index is 10.8. The zero-order chi connectivity index (χ0) is 14.1. The van der Waals surface area contributed by atoms with Crippen LogP contribution < -0.4 is 0 Å². The number of likely N-dealkylation sites (tertiary alicyclic amines) is 1. The molecule has 0 aliphatic carbocycles. The smallest absolute Gasteiger partial charge is 0.222 e. The fourth-order valence-corrected chi connectivity index (χ4v) is 1.47. The van der Waals surface area contributed by atoms with Crippen LogP contribution in [-0.2, 0) is 9.59 Å². The van der Waals surface area contributed by atoms with Gasteiger partial charge in [-0.2, -0.15) is 0 Å². The van der Waals surface area contributed by atoms with E-state index in [1.165, 1.54) is 11.8 Å². The van der Waals surface area contributed by atoms with E-state index in [1.807, 2.05) is 7.05 Å². The molecule has 1 heterocycles. The van der Waals surface area contributed by atoms with Crippen LogP contribution in [-0.4, -0.2) is 53.5 Å². The van der Waals surface area contributed by atoms with Gasteiger partial charge in [-0.3, -0.25) is 9.59 Å². The lowest BCUT2D eigenvalue weighted by Gasteiger charge is -2.26. The summed E-state index contributed by atoms with van der Waals surface area (Å²) in [4.78, 5) is 24.5. The molecule has 5 heteroatoms. The van der Waals surface area contributed by atoms with E-state index in [2.05, 4.69) is 6.58 Å². The Balaban J connectivity index is 0.000000351. The molecule has 104 valence electrons. The van der Waals surface area contributed by atoms with E-state index in [-0.39, 0.29) is 12.5 Å². The lowest BCUT2D eigenvalue weighted by molar-refractivity contribution is -0.127.